The molecule has 0 fully saturated rings. The minimum absolute atomic E-state index is 0.220. The first-order valence-electron chi connectivity index (χ1n) is 20.7. The van der Waals surface area contributed by atoms with Crippen molar-refractivity contribution in [2.24, 2.45) is 0 Å². The molecule has 9 aromatic carbocycles. The average molecular weight is 754 g/mol. The van der Waals surface area contributed by atoms with Crippen molar-refractivity contribution < 1.29 is 0 Å². The first kappa shape index (κ1) is 35.0. The first-order valence-corrected chi connectivity index (χ1v) is 20.7. The van der Waals surface area contributed by atoms with Crippen molar-refractivity contribution in [1.82, 2.24) is 0 Å². The second-order valence-electron chi connectivity index (χ2n) is 16.5. The maximum Gasteiger partial charge on any atom is 0.0719 e. The monoisotopic (exact) mass is 753 g/mol. The maximum absolute atomic E-state index is 2.49. The van der Waals surface area contributed by atoms with E-state index in [1.54, 1.807) is 0 Å². The van der Waals surface area contributed by atoms with Crippen LogP contribution in [0.2, 0.25) is 0 Å². The Hall–Kier alpha value is -7.22. The van der Waals surface area contributed by atoms with Crippen LogP contribution in [-0.2, 0) is 10.8 Å². The zero-order chi connectivity index (χ0) is 39.6. The van der Waals surface area contributed by atoms with Crippen LogP contribution < -0.4 is 4.90 Å². The number of rotatable bonds is 6. The Morgan fingerprint density at radius 3 is 1.44 bits per heavy atom. The Labute approximate surface area is 347 Å². The van der Waals surface area contributed by atoms with E-state index in [-0.39, 0.29) is 5.41 Å². The van der Waals surface area contributed by atoms with Crippen LogP contribution in [0.5, 0.6) is 0 Å². The van der Waals surface area contributed by atoms with E-state index in [1.165, 1.54) is 77.9 Å². The van der Waals surface area contributed by atoms with E-state index < -0.39 is 5.41 Å². The van der Waals surface area contributed by atoms with Crippen LogP contribution in [0.25, 0.3) is 44.5 Å². The van der Waals surface area contributed by atoms with E-state index in [0.717, 1.165) is 17.1 Å². The SMILES string of the molecule is CC1(C)c2ccccc2C2(c3ccccc3-c3ccccc32)c2ccc(-c3cccc(N(c4ccccc4)c4ccccc4-c4ccc(-c5ccccc5)cc4)c3)cc21. The summed E-state index contributed by atoms with van der Waals surface area (Å²) in [4.78, 5) is 2.41. The van der Waals surface area contributed by atoms with E-state index in [9.17, 15) is 0 Å². The van der Waals surface area contributed by atoms with Crippen LogP contribution in [0.4, 0.5) is 17.1 Å². The molecule has 0 N–H and O–H groups in total. The van der Waals surface area contributed by atoms with Crippen LogP contribution >= 0.6 is 0 Å². The Balaban J connectivity index is 1.06. The lowest BCUT2D eigenvalue weighted by Gasteiger charge is -2.46. The minimum Gasteiger partial charge on any atom is -0.310 e. The highest BCUT2D eigenvalue weighted by Crippen LogP contribution is 2.62. The Kier molecular flexibility index (Phi) is 8.13. The van der Waals surface area contributed by atoms with Crippen molar-refractivity contribution in [2.75, 3.05) is 4.90 Å². The molecule has 1 heteroatoms. The average Bonchev–Trinajstić information content (AvgIpc) is 3.60. The summed E-state index contributed by atoms with van der Waals surface area (Å²) in [5.41, 5.74) is 20.8. The number of fused-ring (bicyclic) bond motifs is 9. The molecule has 59 heavy (non-hydrogen) atoms. The molecular weight excluding hydrogens is 711 g/mol. The lowest BCUT2D eigenvalue weighted by Crippen LogP contribution is -2.40. The van der Waals surface area contributed by atoms with E-state index in [2.05, 4.69) is 243 Å². The third-order valence-electron chi connectivity index (χ3n) is 13.0. The maximum atomic E-state index is 2.49. The predicted molar refractivity (Wildman–Crippen MR) is 247 cm³/mol. The lowest BCUT2D eigenvalue weighted by atomic mass is 9.55. The number of para-hydroxylation sites is 2. The highest BCUT2D eigenvalue weighted by atomic mass is 15.1. The van der Waals surface area contributed by atoms with Gasteiger partial charge < -0.3 is 4.90 Å². The van der Waals surface area contributed by atoms with Gasteiger partial charge in [-0.1, -0.05) is 202 Å². The lowest BCUT2D eigenvalue weighted by molar-refractivity contribution is 0.563. The van der Waals surface area contributed by atoms with Crippen molar-refractivity contribution in [3.8, 4) is 44.5 Å². The van der Waals surface area contributed by atoms with Crippen LogP contribution in [0, 0.1) is 0 Å². The summed E-state index contributed by atoms with van der Waals surface area (Å²) in [7, 11) is 0. The number of hydrogen-bond acceptors (Lipinski definition) is 1. The van der Waals surface area contributed by atoms with Crippen molar-refractivity contribution in [3.63, 3.8) is 0 Å². The molecule has 0 heterocycles. The van der Waals surface area contributed by atoms with Gasteiger partial charge in [-0.05, 0) is 109 Å². The molecule has 0 bridgehead atoms. The van der Waals surface area contributed by atoms with E-state index in [1.807, 2.05) is 0 Å². The topological polar surface area (TPSA) is 3.24 Å². The summed E-state index contributed by atoms with van der Waals surface area (Å²) in [6.45, 7) is 4.82. The molecule has 1 spiro atoms. The molecule has 0 unspecified atom stereocenters. The van der Waals surface area contributed by atoms with Crippen molar-refractivity contribution >= 4 is 17.1 Å². The van der Waals surface area contributed by atoms with Crippen molar-refractivity contribution in [1.29, 1.82) is 0 Å². The summed E-state index contributed by atoms with van der Waals surface area (Å²) >= 11 is 0. The Bertz CT molecular complexity index is 2970. The fourth-order valence-corrected chi connectivity index (χ4v) is 10.2. The summed E-state index contributed by atoms with van der Waals surface area (Å²) in [6, 6.07) is 82.8. The van der Waals surface area contributed by atoms with Gasteiger partial charge in [0.15, 0.2) is 0 Å². The summed E-state index contributed by atoms with van der Waals surface area (Å²) in [6.07, 6.45) is 0. The third kappa shape index (κ3) is 5.39. The molecule has 280 valence electrons. The summed E-state index contributed by atoms with van der Waals surface area (Å²) in [5.74, 6) is 0. The quantitative estimate of drug-likeness (QED) is 0.163. The highest BCUT2D eigenvalue weighted by Gasteiger charge is 2.53. The molecule has 1 nitrogen and oxygen atoms in total. The summed E-state index contributed by atoms with van der Waals surface area (Å²) in [5, 5.41) is 0. The number of hydrogen-bond donors (Lipinski definition) is 0. The zero-order valence-electron chi connectivity index (χ0n) is 33.3. The standard InChI is InChI=1S/C58H43N/c1-57(2)52-29-14-15-30-53(52)58(50-27-12-9-25-48(50)49-26-10-13-28-51(49)58)54-37-36-44(39-55(54)57)43-20-17-23-46(38-43)59(45-21-7-4-8-22-45)56-31-16-11-24-47(56)42-34-32-41(33-35-42)40-18-5-3-6-19-40/h3-39H,1-2H3. The smallest absolute Gasteiger partial charge is 0.0719 e. The fraction of sp³-hybridized carbons (Fsp3) is 0.0690. The number of nitrogens with zero attached hydrogens (tertiary/aromatic N) is 1. The van der Waals surface area contributed by atoms with Gasteiger partial charge in [0, 0.05) is 22.4 Å². The molecule has 0 aromatic heterocycles. The number of benzene rings is 9. The van der Waals surface area contributed by atoms with Gasteiger partial charge in [0.2, 0.25) is 0 Å². The Morgan fingerprint density at radius 1 is 0.288 bits per heavy atom. The molecule has 0 saturated heterocycles. The van der Waals surface area contributed by atoms with Gasteiger partial charge in [-0.2, -0.15) is 0 Å². The van der Waals surface area contributed by atoms with E-state index >= 15 is 0 Å². The van der Waals surface area contributed by atoms with Crippen LogP contribution in [0.15, 0.2) is 224 Å². The minimum atomic E-state index is -0.401. The zero-order valence-corrected chi connectivity index (χ0v) is 33.3. The normalized spacial score (nSPS) is 13.9. The molecule has 2 aliphatic carbocycles. The van der Waals surface area contributed by atoms with Gasteiger partial charge in [-0.25, -0.2) is 0 Å². The molecule has 0 radical (unpaired) electrons. The predicted octanol–water partition coefficient (Wildman–Crippen LogP) is 15.2. The molecule has 9 aromatic rings. The molecule has 0 aliphatic heterocycles. The van der Waals surface area contributed by atoms with Crippen molar-refractivity contribution in [2.45, 2.75) is 24.7 Å². The van der Waals surface area contributed by atoms with E-state index in [4.69, 9.17) is 0 Å². The van der Waals surface area contributed by atoms with Crippen LogP contribution in [0.3, 0.4) is 0 Å². The second-order valence-corrected chi connectivity index (χ2v) is 16.5. The second kappa shape index (κ2) is 13.7. The largest absolute Gasteiger partial charge is 0.310 e. The molecule has 2 aliphatic rings. The Morgan fingerprint density at radius 2 is 0.746 bits per heavy atom. The molecule has 0 saturated carbocycles. The van der Waals surface area contributed by atoms with E-state index in [0.29, 0.717) is 0 Å². The van der Waals surface area contributed by atoms with Gasteiger partial charge >= 0.3 is 0 Å². The molecule has 11 rings (SSSR count). The third-order valence-corrected chi connectivity index (χ3v) is 13.0. The highest BCUT2D eigenvalue weighted by molar-refractivity contribution is 5.91. The van der Waals surface area contributed by atoms with Crippen LogP contribution in [-0.4, -0.2) is 0 Å². The van der Waals surface area contributed by atoms with Gasteiger partial charge in [0.05, 0.1) is 11.1 Å². The molecule has 0 amide bonds. The van der Waals surface area contributed by atoms with Crippen LogP contribution in [0.1, 0.15) is 47.2 Å². The van der Waals surface area contributed by atoms with Crippen molar-refractivity contribution in [3.05, 3.63) is 258 Å². The fourth-order valence-electron chi connectivity index (χ4n) is 10.2. The van der Waals surface area contributed by atoms with Gasteiger partial charge in [-0.3, -0.25) is 0 Å². The number of anilines is 3. The van der Waals surface area contributed by atoms with Gasteiger partial charge in [0.1, 0.15) is 0 Å². The van der Waals surface area contributed by atoms with Gasteiger partial charge in [0.25, 0.3) is 0 Å². The molecular formula is C58H43N. The van der Waals surface area contributed by atoms with Gasteiger partial charge in [-0.15, -0.1) is 0 Å². The molecule has 0 atom stereocenters. The first-order chi connectivity index (χ1) is 29.0. The summed E-state index contributed by atoms with van der Waals surface area (Å²) < 4.78 is 0.